The monoisotopic (exact) mass is 386 g/mol. The van der Waals surface area contributed by atoms with Gasteiger partial charge in [0.25, 0.3) is 0 Å². The van der Waals surface area contributed by atoms with Gasteiger partial charge < -0.3 is 10.2 Å². The van der Waals surface area contributed by atoms with Crippen LogP contribution in [0.15, 0.2) is 55.1 Å². The third-order valence-electron chi connectivity index (χ3n) is 6.06. The van der Waals surface area contributed by atoms with E-state index in [1.54, 1.807) is 36.9 Å². The lowest BCUT2D eigenvalue weighted by atomic mass is 10.1. The van der Waals surface area contributed by atoms with Crippen molar-refractivity contribution in [2.24, 2.45) is 11.8 Å². The second kappa shape index (κ2) is 6.92. The number of nitrogens with one attached hydrogen (secondary N) is 1. The Bertz CT molecular complexity index is 1040. The lowest BCUT2D eigenvalue weighted by Crippen LogP contribution is -2.44. The van der Waals surface area contributed by atoms with E-state index in [4.69, 9.17) is 0 Å². The van der Waals surface area contributed by atoms with Crippen LogP contribution in [-0.4, -0.2) is 37.9 Å². The maximum absolute atomic E-state index is 13.2. The summed E-state index contributed by atoms with van der Waals surface area (Å²) in [6, 6.07) is 9.50. The van der Waals surface area contributed by atoms with Crippen LogP contribution in [0.5, 0.6) is 0 Å². The summed E-state index contributed by atoms with van der Waals surface area (Å²) in [6.07, 6.45) is 7.72. The van der Waals surface area contributed by atoms with Gasteiger partial charge in [0.1, 0.15) is 6.04 Å². The molecule has 1 aliphatic heterocycles. The SMILES string of the molecule is Cc1ccc(NC(=O)[C@H]2C[C@H]3[C@@H](C)[C@H]3N2c2ncccn2)cc1-c1ncccn1. The number of fused-ring (bicyclic) bond motifs is 1. The van der Waals surface area contributed by atoms with Crippen LogP contribution in [-0.2, 0) is 4.79 Å². The van der Waals surface area contributed by atoms with Gasteiger partial charge in [-0.15, -0.1) is 0 Å². The standard InChI is InChI=1S/C22H22N6O/c1-13-5-6-15(11-16(13)20-23-7-3-8-24-20)27-21(29)18-12-17-14(2)19(17)28(18)22-25-9-4-10-26-22/h3-11,14,17-19H,12H2,1-2H3,(H,27,29)/t14-,17+,18-,19-/m1/s1. The van der Waals surface area contributed by atoms with E-state index in [1.807, 2.05) is 25.1 Å². The van der Waals surface area contributed by atoms with Crippen molar-refractivity contribution in [2.75, 3.05) is 10.2 Å². The van der Waals surface area contributed by atoms with E-state index in [-0.39, 0.29) is 11.9 Å². The highest BCUT2D eigenvalue weighted by Gasteiger charge is 2.60. The third-order valence-corrected chi connectivity index (χ3v) is 6.06. The first-order valence-electron chi connectivity index (χ1n) is 9.88. The summed E-state index contributed by atoms with van der Waals surface area (Å²) in [5, 5.41) is 3.09. The zero-order valence-electron chi connectivity index (χ0n) is 16.4. The van der Waals surface area contributed by atoms with Crippen molar-refractivity contribution in [1.82, 2.24) is 19.9 Å². The summed E-state index contributed by atoms with van der Waals surface area (Å²) in [5.74, 6) is 2.36. The first-order chi connectivity index (χ1) is 14.1. The van der Waals surface area contributed by atoms with Gasteiger partial charge in [-0.2, -0.15) is 0 Å². The van der Waals surface area contributed by atoms with Gasteiger partial charge in [0, 0.05) is 42.1 Å². The van der Waals surface area contributed by atoms with Crippen molar-refractivity contribution >= 4 is 17.5 Å². The van der Waals surface area contributed by atoms with E-state index in [2.05, 4.69) is 37.1 Å². The molecule has 4 atom stereocenters. The molecule has 7 heteroatoms. The molecular weight excluding hydrogens is 364 g/mol. The average molecular weight is 386 g/mol. The van der Waals surface area contributed by atoms with Gasteiger partial charge in [-0.05, 0) is 55.0 Å². The highest BCUT2D eigenvalue weighted by atomic mass is 16.2. The average Bonchev–Trinajstić information content (AvgIpc) is 3.20. The normalized spacial score (nSPS) is 24.8. The third kappa shape index (κ3) is 3.12. The van der Waals surface area contributed by atoms with Crippen molar-refractivity contribution < 1.29 is 4.79 Å². The number of benzene rings is 1. The van der Waals surface area contributed by atoms with Crippen molar-refractivity contribution in [3.8, 4) is 11.4 Å². The molecule has 0 spiro atoms. The number of hydrogen-bond acceptors (Lipinski definition) is 6. The quantitative estimate of drug-likeness (QED) is 0.742. The van der Waals surface area contributed by atoms with Crippen LogP contribution >= 0.6 is 0 Å². The number of amides is 1. The summed E-state index contributed by atoms with van der Waals surface area (Å²) in [4.78, 5) is 32.7. The minimum atomic E-state index is -0.263. The Labute approximate surface area is 169 Å². The van der Waals surface area contributed by atoms with Crippen molar-refractivity contribution in [1.29, 1.82) is 0 Å². The lowest BCUT2D eigenvalue weighted by molar-refractivity contribution is -0.117. The predicted molar refractivity (Wildman–Crippen MR) is 110 cm³/mol. The first-order valence-corrected chi connectivity index (χ1v) is 9.88. The lowest BCUT2D eigenvalue weighted by Gasteiger charge is -2.27. The van der Waals surface area contributed by atoms with E-state index < -0.39 is 0 Å². The second-order valence-electron chi connectivity index (χ2n) is 7.81. The summed E-state index contributed by atoms with van der Waals surface area (Å²) in [7, 11) is 0. The number of carbonyl (C=O) groups excluding carboxylic acids is 1. The number of piperidine rings is 1. The van der Waals surface area contributed by atoms with Gasteiger partial charge in [0.2, 0.25) is 11.9 Å². The highest BCUT2D eigenvalue weighted by molar-refractivity contribution is 5.98. The Kier molecular flexibility index (Phi) is 4.23. The topological polar surface area (TPSA) is 83.9 Å². The van der Waals surface area contributed by atoms with Gasteiger partial charge in [-0.25, -0.2) is 19.9 Å². The Morgan fingerprint density at radius 1 is 1.07 bits per heavy atom. The number of hydrogen-bond donors (Lipinski definition) is 1. The molecule has 1 N–H and O–H groups in total. The molecule has 0 bridgehead atoms. The molecule has 29 heavy (non-hydrogen) atoms. The molecule has 7 nitrogen and oxygen atoms in total. The summed E-state index contributed by atoms with van der Waals surface area (Å²) in [5.41, 5.74) is 2.71. The minimum absolute atomic E-state index is 0.0272. The molecular formula is C22H22N6O. The largest absolute Gasteiger partial charge is 0.325 e. The van der Waals surface area contributed by atoms with E-state index in [0.717, 1.165) is 23.2 Å². The molecule has 2 fully saturated rings. The van der Waals surface area contributed by atoms with Gasteiger partial charge in [-0.3, -0.25) is 4.79 Å². The molecule has 1 saturated carbocycles. The minimum Gasteiger partial charge on any atom is -0.325 e. The Morgan fingerprint density at radius 2 is 1.76 bits per heavy atom. The molecule has 2 aliphatic rings. The van der Waals surface area contributed by atoms with E-state index in [0.29, 0.717) is 29.7 Å². The smallest absolute Gasteiger partial charge is 0.247 e. The van der Waals surface area contributed by atoms with Crippen LogP contribution in [0.25, 0.3) is 11.4 Å². The van der Waals surface area contributed by atoms with Gasteiger partial charge >= 0.3 is 0 Å². The number of aromatic nitrogens is 4. The summed E-state index contributed by atoms with van der Waals surface area (Å²) < 4.78 is 0. The maximum atomic E-state index is 13.2. The summed E-state index contributed by atoms with van der Waals surface area (Å²) >= 11 is 0. The molecule has 1 aliphatic carbocycles. The van der Waals surface area contributed by atoms with Crippen molar-refractivity contribution in [3.63, 3.8) is 0 Å². The Morgan fingerprint density at radius 3 is 2.48 bits per heavy atom. The Hall–Kier alpha value is -3.35. The summed E-state index contributed by atoms with van der Waals surface area (Å²) in [6.45, 7) is 4.24. The number of aryl methyl sites for hydroxylation is 1. The van der Waals surface area contributed by atoms with Gasteiger partial charge in [-0.1, -0.05) is 13.0 Å². The van der Waals surface area contributed by atoms with Crippen molar-refractivity contribution in [3.05, 3.63) is 60.7 Å². The van der Waals surface area contributed by atoms with E-state index in [1.165, 1.54) is 0 Å². The molecule has 0 radical (unpaired) electrons. The number of carbonyl (C=O) groups is 1. The molecule has 1 saturated heterocycles. The highest BCUT2D eigenvalue weighted by Crippen LogP contribution is 2.54. The molecule has 5 rings (SSSR count). The molecule has 3 aromatic rings. The maximum Gasteiger partial charge on any atom is 0.247 e. The second-order valence-corrected chi connectivity index (χ2v) is 7.81. The predicted octanol–water partition coefficient (Wildman–Crippen LogP) is 3.09. The zero-order valence-corrected chi connectivity index (χ0v) is 16.4. The molecule has 2 aromatic heterocycles. The van der Waals surface area contributed by atoms with Crippen LogP contribution in [0.2, 0.25) is 0 Å². The van der Waals surface area contributed by atoms with Crippen LogP contribution < -0.4 is 10.2 Å². The molecule has 3 heterocycles. The fourth-order valence-corrected chi connectivity index (χ4v) is 4.45. The number of anilines is 2. The van der Waals surface area contributed by atoms with Gasteiger partial charge in [0.15, 0.2) is 5.82 Å². The van der Waals surface area contributed by atoms with Gasteiger partial charge in [0.05, 0.1) is 0 Å². The van der Waals surface area contributed by atoms with Crippen LogP contribution in [0, 0.1) is 18.8 Å². The first kappa shape index (κ1) is 17.7. The molecule has 146 valence electrons. The van der Waals surface area contributed by atoms with Crippen LogP contribution in [0.4, 0.5) is 11.6 Å². The fourth-order valence-electron chi connectivity index (χ4n) is 4.45. The Balaban J connectivity index is 1.39. The molecule has 0 unspecified atom stereocenters. The van der Waals surface area contributed by atoms with Crippen LogP contribution in [0.3, 0.4) is 0 Å². The number of nitrogens with zero attached hydrogens (tertiary/aromatic N) is 5. The fraction of sp³-hybridized carbons (Fsp3) is 0.318. The van der Waals surface area contributed by atoms with E-state index in [9.17, 15) is 4.79 Å². The van der Waals surface area contributed by atoms with E-state index >= 15 is 0 Å². The van der Waals surface area contributed by atoms with Crippen molar-refractivity contribution in [2.45, 2.75) is 32.4 Å². The number of rotatable bonds is 4. The molecule has 1 aromatic carbocycles. The zero-order chi connectivity index (χ0) is 20.0. The van der Waals surface area contributed by atoms with Crippen LogP contribution in [0.1, 0.15) is 18.9 Å². The molecule has 1 amide bonds.